The Hall–Kier alpha value is -0.0800. The lowest BCUT2D eigenvalue weighted by molar-refractivity contribution is 0.369. The van der Waals surface area contributed by atoms with Gasteiger partial charge in [-0.1, -0.05) is 357 Å². The largest absolute Gasteiger partial charge is 0.317 e. The average molecular weight is 948 g/mol. The highest BCUT2D eigenvalue weighted by Crippen LogP contribution is 2.24. The van der Waals surface area contributed by atoms with Crippen LogP contribution in [0.3, 0.4) is 0 Å². The van der Waals surface area contributed by atoms with E-state index in [9.17, 15) is 0 Å². The molecule has 0 saturated heterocycles. The zero-order valence-corrected chi connectivity index (χ0v) is 47.8. The second kappa shape index (κ2) is 68.0. The van der Waals surface area contributed by atoms with E-state index < -0.39 is 0 Å². The van der Waals surface area contributed by atoms with Gasteiger partial charge in [0.1, 0.15) is 0 Å². The number of hydrogen-bond acceptors (Lipinski definition) is 2. The lowest BCUT2D eigenvalue weighted by Gasteiger charge is -2.19. The van der Waals surface area contributed by atoms with Gasteiger partial charge in [0.2, 0.25) is 0 Å². The lowest BCUT2D eigenvalue weighted by Crippen LogP contribution is -2.30. The fourth-order valence-electron chi connectivity index (χ4n) is 10.5. The molecule has 67 heavy (non-hydrogen) atoms. The minimum absolute atomic E-state index is 0. The van der Waals surface area contributed by atoms with Crippen molar-refractivity contribution in [3.8, 4) is 0 Å². The van der Waals surface area contributed by atoms with Crippen molar-refractivity contribution in [1.82, 2.24) is 10.6 Å². The second-order valence-corrected chi connectivity index (χ2v) is 22.0. The molecule has 2 nitrogen and oxygen atoms in total. The third kappa shape index (κ3) is 65.9. The molecule has 2 heteroatoms. The first-order valence-electron chi connectivity index (χ1n) is 32.1. The van der Waals surface area contributed by atoms with Gasteiger partial charge in [-0.2, -0.15) is 0 Å². The third-order valence-corrected chi connectivity index (χ3v) is 15.2. The molecule has 0 unspecified atom stereocenters. The maximum Gasteiger partial charge on any atom is 0.00670 e. The lowest BCUT2D eigenvalue weighted by atomic mass is 9.90. The maximum absolute atomic E-state index is 3.93. The summed E-state index contributed by atoms with van der Waals surface area (Å²) in [6, 6.07) is 0.791. The third-order valence-electron chi connectivity index (χ3n) is 15.2. The second-order valence-electron chi connectivity index (χ2n) is 22.0. The molecule has 0 fully saturated rings. The topological polar surface area (TPSA) is 24.1 Å². The van der Waals surface area contributed by atoms with E-state index in [1.807, 2.05) is 0 Å². The molecule has 0 radical (unpaired) electrons. The Morgan fingerprint density at radius 1 is 0.224 bits per heavy atom. The smallest absolute Gasteiger partial charge is 0.00670 e. The van der Waals surface area contributed by atoms with Gasteiger partial charge in [-0.3, -0.25) is 0 Å². The molecule has 0 aromatic rings. The number of rotatable bonds is 58. The number of unbranched alkanes of at least 4 members (excludes halogenated alkanes) is 42. The van der Waals surface area contributed by atoms with E-state index in [4.69, 9.17) is 0 Å². The molecule has 0 aliphatic rings. The molecule has 0 aliphatic heterocycles. The maximum atomic E-state index is 3.93. The number of nitrogens with one attached hydrogen (secondary N) is 2. The van der Waals surface area contributed by atoms with Crippen LogP contribution < -0.4 is 10.6 Å². The van der Waals surface area contributed by atoms with Crippen LogP contribution in [0.4, 0.5) is 0 Å². The highest BCUT2D eigenvalue weighted by atomic mass is 14.9. The van der Waals surface area contributed by atoms with Crippen molar-refractivity contribution in [2.75, 3.05) is 19.6 Å². The van der Waals surface area contributed by atoms with Crippen LogP contribution in [0.5, 0.6) is 0 Å². The summed E-state index contributed by atoms with van der Waals surface area (Å²) < 4.78 is 0. The van der Waals surface area contributed by atoms with Gasteiger partial charge in [0.15, 0.2) is 0 Å². The molecule has 0 aromatic carbocycles. The van der Waals surface area contributed by atoms with E-state index in [2.05, 4.69) is 52.2 Å². The summed E-state index contributed by atoms with van der Waals surface area (Å²) in [6.45, 7) is 17.4. The highest BCUT2D eigenvalue weighted by molar-refractivity contribution is 4.68. The Morgan fingerprint density at radius 2 is 0.448 bits per heavy atom. The fraction of sp³-hybridized carbons (Fsp3) is 1.00. The van der Waals surface area contributed by atoms with E-state index in [1.165, 1.54) is 353 Å². The molecule has 408 valence electrons. The monoisotopic (exact) mass is 947 g/mol. The summed E-state index contributed by atoms with van der Waals surface area (Å²) in [5.41, 5.74) is 0. The fourth-order valence-corrected chi connectivity index (χ4v) is 10.5. The first kappa shape index (κ1) is 71.2. The van der Waals surface area contributed by atoms with E-state index in [-0.39, 0.29) is 7.43 Å². The Balaban J connectivity index is -0.00000120. The van der Waals surface area contributed by atoms with Gasteiger partial charge in [-0.25, -0.2) is 0 Å². The molecule has 0 heterocycles. The number of hydrogen-bond donors (Lipinski definition) is 2. The van der Waals surface area contributed by atoms with Crippen LogP contribution in [-0.4, -0.2) is 25.7 Å². The molecular weight excluding hydrogens is 809 g/mol. The first-order chi connectivity index (χ1) is 32.7. The summed E-state index contributed by atoms with van der Waals surface area (Å²) in [5.74, 6) is 1.00. The standard InChI is InChI=1S/2C32H67N.CH4/c1-4-7-9-11-13-15-17-19-21-23-25-28-32(30-27-31-33-6-3)29-26-24-22-20-18-16-14-12-10-8-5-2;1-4-7-10-12-14-16-18-20-22-24-26-29-32(33-31-28-9-6-3)30-27-25-23-21-19-17-15-13-11-8-5-2;/h2*32-33H,4-31H2,1-3H3;1H4. The summed E-state index contributed by atoms with van der Waals surface area (Å²) in [6.07, 6.45) is 77.0. The molecule has 0 aromatic heterocycles. The first-order valence-corrected chi connectivity index (χ1v) is 32.1. The van der Waals surface area contributed by atoms with Crippen LogP contribution in [0.2, 0.25) is 0 Å². The van der Waals surface area contributed by atoms with Gasteiger partial charge in [-0.05, 0) is 57.7 Å². The molecule has 0 rings (SSSR count). The van der Waals surface area contributed by atoms with Crippen LogP contribution in [-0.2, 0) is 0 Å². The molecule has 0 bridgehead atoms. The van der Waals surface area contributed by atoms with Crippen molar-refractivity contribution in [2.45, 2.75) is 395 Å². The molecule has 0 saturated carbocycles. The van der Waals surface area contributed by atoms with Crippen molar-refractivity contribution < 1.29 is 0 Å². The van der Waals surface area contributed by atoms with Crippen LogP contribution in [0, 0.1) is 5.92 Å². The Kier molecular flexibility index (Phi) is 72.2. The van der Waals surface area contributed by atoms with Crippen LogP contribution in [0.25, 0.3) is 0 Å². The van der Waals surface area contributed by atoms with E-state index in [0.29, 0.717) is 0 Å². The molecule has 0 spiro atoms. The Bertz CT molecular complexity index is 665. The Labute approximate surface area is 429 Å². The zero-order chi connectivity index (χ0) is 48.2. The van der Waals surface area contributed by atoms with Crippen LogP contribution in [0.15, 0.2) is 0 Å². The molecule has 0 aliphatic carbocycles. The summed E-state index contributed by atoms with van der Waals surface area (Å²) >= 11 is 0. The van der Waals surface area contributed by atoms with Crippen molar-refractivity contribution in [1.29, 1.82) is 0 Å². The molecule has 0 atom stereocenters. The predicted octanol–water partition coefficient (Wildman–Crippen LogP) is 23.6. The van der Waals surface area contributed by atoms with Gasteiger partial charge in [-0.15, -0.1) is 0 Å². The zero-order valence-electron chi connectivity index (χ0n) is 47.8. The van der Waals surface area contributed by atoms with Gasteiger partial charge in [0.25, 0.3) is 0 Å². The molecule has 2 N–H and O–H groups in total. The quantitative estimate of drug-likeness (QED) is 0.0594. The van der Waals surface area contributed by atoms with Gasteiger partial charge in [0, 0.05) is 6.04 Å². The van der Waals surface area contributed by atoms with Crippen molar-refractivity contribution in [2.24, 2.45) is 5.92 Å². The summed E-state index contributed by atoms with van der Waals surface area (Å²) in [4.78, 5) is 0. The van der Waals surface area contributed by atoms with Gasteiger partial charge in [0.05, 0.1) is 0 Å². The predicted molar refractivity (Wildman–Crippen MR) is 314 cm³/mol. The van der Waals surface area contributed by atoms with Crippen molar-refractivity contribution >= 4 is 0 Å². The summed E-state index contributed by atoms with van der Waals surface area (Å²) in [7, 11) is 0. The van der Waals surface area contributed by atoms with Crippen molar-refractivity contribution in [3.05, 3.63) is 0 Å². The van der Waals surface area contributed by atoms with Gasteiger partial charge < -0.3 is 10.6 Å². The molecule has 0 amide bonds. The highest BCUT2D eigenvalue weighted by Gasteiger charge is 2.10. The molecular formula is C65H138N2. The van der Waals surface area contributed by atoms with Crippen LogP contribution in [0.1, 0.15) is 389 Å². The van der Waals surface area contributed by atoms with Crippen LogP contribution >= 0.6 is 0 Å². The minimum atomic E-state index is 0. The SMILES string of the molecule is C.CCCCCCCCCCCCCC(CCCCCCCCCCCCC)CCCNCC.CCCCCCCCCCCCCC(CCCCCCCCCCCCC)NCCCCC. The van der Waals surface area contributed by atoms with E-state index >= 15 is 0 Å². The normalized spacial score (nSPS) is 11.5. The summed E-state index contributed by atoms with van der Waals surface area (Å²) in [5, 5.41) is 7.45. The van der Waals surface area contributed by atoms with E-state index in [0.717, 1.165) is 18.5 Å². The van der Waals surface area contributed by atoms with Crippen molar-refractivity contribution in [3.63, 3.8) is 0 Å². The minimum Gasteiger partial charge on any atom is -0.317 e. The van der Waals surface area contributed by atoms with Gasteiger partial charge >= 0.3 is 0 Å². The van der Waals surface area contributed by atoms with E-state index in [1.54, 1.807) is 0 Å². The average Bonchev–Trinajstić information content (AvgIpc) is 3.33. The Morgan fingerprint density at radius 3 is 0.716 bits per heavy atom.